The van der Waals surface area contributed by atoms with Crippen LogP contribution in [0.3, 0.4) is 0 Å². The van der Waals surface area contributed by atoms with Crippen LogP contribution in [0.15, 0.2) is 164 Å². The minimum atomic E-state index is -0.353. The lowest BCUT2D eigenvalue weighted by Crippen LogP contribution is -2.21. The van der Waals surface area contributed by atoms with Gasteiger partial charge in [0.05, 0.1) is 11.1 Å². The van der Waals surface area contributed by atoms with Crippen molar-refractivity contribution in [1.82, 2.24) is 0 Å². The summed E-state index contributed by atoms with van der Waals surface area (Å²) in [6, 6.07) is 49.5. The molecule has 0 aliphatic rings. The minimum Gasteiger partial charge on any atom is -0.422 e. The first-order valence-corrected chi connectivity index (χ1v) is 20.2. The Hall–Kier alpha value is -6.92. The lowest BCUT2D eigenvalue weighted by Gasteiger charge is -2.21. The number of rotatable bonds is 10. The van der Waals surface area contributed by atoms with Crippen LogP contribution in [0.25, 0.3) is 88.0 Å². The first kappa shape index (κ1) is 36.7. The van der Waals surface area contributed by atoms with Crippen molar-refractivity contribution >= 4 is 54.9 Å². The van der Waals surface area contributed by atoms with Gasteiger partial charge in [0.15, 0.2) is 0 Å². The van der Waals surface area contributed by atoms with E-state index in [0.717, 1.165) is 103 Å². The van der Waals surface area contributed by atoms with E-state index in [1.807, 2.05) is 60.7 Å². The van der Waals surface area contributed by atoms with Crippen LogP contribution < -0.4 is 21.1 Å². The second-order valence-corrected chi connectivity index (χ2v) is 14.7. The zero-order valence-electron chi connectivity index (χ0n) is 33.2. The molecule has 0 spiro atoms. The van der Waals surface area contributed by atoms with Gasteiger partial charge in [-0.25, -0.2) is 9.59 Å². The van der Waals surface area contributed by atoms with Crippen molar-refractivity contribution in [3.8, 4) is 44.5 Å². The second-order valence-electron chi connectivity index (χ2n) is 14.7. The zero-order chi connectivity index (χ0) is 39.9. The van der Waals surface area contributed by atoms with E-state index in [0.29, 0.717) is 22.3 Å². The molecule has 6 heteroatoms. The normalized spacial score (nSPS) is 11.5. The van der Waals surface area contributed by atoms with Gasteiger partial charge >= 0.3 is 11.3 Å². The van der Waals surface area contributed by atoms with Gasteiger partial charge in [-0.1, -0.05) is 97.1 Å². The first-order chi connectivity index (χ1) is 28.4. The van der Waals surface area contributed by atoms with Crippen LogP contribution in [0, 0.1) is 0 Å². The molecule has 2 aromatic heterocycles. The predicted octanol–water partition coefficient (Wildman–Crippen LogP) is 12.6. The van der Waals surface area contributed by atoms with E-state index in [1.54, 1.807) is 0 Å². The summed E-state index contributed by atoms with van der Waals surface area (Å²) in [6.45, 7) is 12.0. The van der Waals surface area contributed by atoms with Gasteiger partial charge in [0.2, 0.25) is 0 Å². The number of hydrogen-bond donors (Lipinski definition) is 0. The molecule has 0 saturated heterocycles. The Labute approximate surface area is 337 Å². The van der Waals surface area contributed by atoms with Crippen molar-refractivity contribution in [2.24, 2.45) is 0 Å². The topological polar surface area (TPSA) is 66.9 Å². The van der Waals surface area contributed by atoms with Gasteiger partial charge in [0, 0.05) is 60.5 Å². The Morgan fingerprint density at radius 1 is 0.397 bits per heavy atom. The first-order valence-electron chi connectivity index (χ1n) is 20.2. The van der Waals surface area contributed by atoms with E-state index in [4.69, 9.17) is 8.83 Å². The highest BCUT2D eigenvalue weighted by molar-refractivity contribution is 6.21. The molecule has 0 amide bonds. The molecular weight excluding hydrogens is 717 g/mol. The van der Waals surface area contributed by atoms with Gasteiger partial charge < -0.3 is 18.6 Å². The van der Waals surface area contributed by atoms with Gasteiger partial charge in [-0.05, 0) is 119 Å². The molecule has 6 nitrogen and oxygen atoms in total. The molecule has 58 heavy (non-hydrogen) atoms. The Balaban J connectivity index is 1.09. The van der Waals surface area contributed by atoms with E-state index in [-0.39, 0.29) is 11.3 Å². The van der Waals surface area contributed by atoms with Crippen molar-refractivity contribution < 1.29 is 8.83 Å². The highest BCUT2D eigenvalue weighted by Crippen LogP contribution is 2.44. The average Bonchev–Trinajstić information content (AvgIpc) is 3.26. The summed E-state index contributed by atoms with van der Waals surface area (Å²) in [4.78, 5) is 31.2. The number of hydrogen-bond acceptors (Lipinski definition) is 6. The van der Waals surface area contributed by atoms with E-state index < -0.39 is 0 Å². The molecule has 0 unspecified atom stereocenters. The van der Waals surface area contributed by atoms with E-state index in [9.17, 15) is 9.59 Å². The van der Waals surface area contributed by atoms with Crippen molar-refractivity contribution in [2.45, 2.75) is 27.7 Å². The highest BCUT2D eigenvalue weighted by atomic mass is 16.4. The lowest BCUT2D eigenvalue weighted by atomic mass is 9.85. The molecule has 9 aromatic rings. The SMILES string of the molecule is CCN(CC)c1ccc2cc(-c3ccc(-c4c5ccccc5c(-c5ccc(-c6cc7ccc(N(CC)CC)cc7oc6=O)cc5)c5ccccc45)cc3)c(=O)oc2c1. The van der Waals surface area contributed by atoms with Crippen LogP contribution in [0.2, 0.25) is 0 Å². The summed E-state index contributed by atoms with van der Waals surface area (Å²) >= 11 is 0. The molecule has 0 fully saturated rings. The van der Waals surface area contributed by atoms with E-state index >= 15 is 0 Å². The molecule has 0 saturated carbocycles. The van der Waals surface area contributed by atoms with Crippen LogP contribution in [-0.4, -0.2) is 26.2 Å². The van der Waals surface area contributed by atoms with Crippen LogP contribution in [0.1, 0.15) is 27.7 Å². The minimum absolute atomic E-state index is 0.353. The predicted molar refractivity (Wildman–Crippen MR) is 242 cm³/mol. The molecule has 7 aromatic carbocycles. The summed E-state index contributed by atoms with van der Waals surface area (Å²) < 4.78 is 11.8. The molecule has 286 valence electrons. The molecule has 2 heterocycles. The molecule has 0 N–H and O–H groups in total. The highest BCUT2D eigenvalue weighted by Gasteiger charge is 2.18. The maximum Gasteiger partial charge on any atom is 0.344 e. The number of fused-ring (bicyclic) bond motifs is 4. The second kappa shape index (κ2) is 15.2. The van der Waals surface area contributed by atoms with Crippen LogP contribution in [0.4, 0.5) is 11.4 Å². The fourth-order valence-electron chi connectivity index (χ4n) is 8.56. The van der Waals surface area contributed by atoms with Gasteiger partial charge in [-0.3, -0.25) is 0 Å². The molecule has 0 radical (unpaired) electrons. The third kappa shape index (κ3) is 6.41. The third-order valence-electron chi connectivity index (χ3n) is 11.6. The largest absolute Gasteiger partial charge is 0.422 e. The molecule has 9 rings (SSSR count). The Kier molecular flexibility index (Phi) is 9.62. The van der Waals surface area contributed by atoms with Gasteiger partial charge in [-0.15, -0.1) is 0 Å². The molecule has 0 bridgehead atoms. The van der Waals surface area contributed by atoms with Crippen molar-refractivity contribution in [3.05, 3.63) is 166 Å². The number of anilines is 2. The summed E-state index contributed by atoms with van der Waals surface area (Å²) in [5, 5.41) is 6.28. The zero-order valence-corrected chi connectivity index (χ0v) is 33.2. The fraction of sp³-hybridized carbons (Fsp3) is 0.154. The quantitative estimate of drug-likeness (QED) is 0.102. The Morgan fingerprint density at radius 3 is 1.05 bits per heavy atom. The average molecular weight is 761 g/mol. The third-order valence-corrected chi connectivity index (χ3v) is 11.6. The van der Waals surface area contributed by atoms with E-state index in [1.165, 1.54) is 0 Å². The lowest BCUT2D eigenvalue weighted by molar-refractivity contribution is 0.563. The van der Waals surface area contributed by atoms with E-state index in [2.05, 4.69) is 122 Å². The number of benzene rings is 7. The van der Waals surface area contributed by atoms with Gasteiger partial charge in [0.25, 0.3) is 0 Å². The summed E-state index contributed by atoms with van der Waals surface area (Å²) in [5.41, 5.74) is 9.61. The van der Waals surface area contributed by atoms with Crippen LogP contribution in [0.5, 0.6) is 0 Å². The smallest absolute Gasteiger partial charge is 0.344 e. The van der Waals surface area contributed by atoms with Crippen LogP contribution >= 0.6 is 0 Å². The molecule has 0 aliphatic carbocycles. The molecule has 0 atom stereocenters. The molecule has 0 aliphatic heterocycles. The summed E-state index contributed by atoms with van der Waals surface area (Å²) in [5.74, 6) is 0. The van der Waals surface area contributed by atoms with Crippen LogP contribution in [-0.2, 0) is 0 Å². The van der Waals surface area contributed by atoms with Gasteiger partial charge in [0.1, 0.15) is 11.2 Å². The maximum atomic E-state index is 13.3. The van der Waals surface area contributed by atoms with Gasteiger partial charge in [-0.2, -0.15) is 0 Å². The Bertz CT molecular complexity index is 2830. The Morgan fingerprint density at radius 2 is 0.724 bits per heavy atom. The number of nitrogens with zero attached hydrogens (tertiary/aromatic N) is 2. The van der Waals surface area contributed by atoms with Crippen molar-refractivity contribution in [2.75, 3.05) is 36.0 Å². The monoisotopic (exact) mass is 760 g/mol. The standard InChI is InChI=1S/C52H44N2O4/c1-5-53(6-2)39-27-25-37-29-45(51(55)57-47(37)31-39)33-17-21-35(22-18-33)49-41-13-9-11-15-43(41)50(44-16-12-10-14-42(44)49)36-23-19-34(20-24-36)46-30-38-26-28-40(54(7-3)8-4)32-48(38)58-52(46)56/h9-32H,5-8H2,1-4H3. The fourth-order valence-corrected chi connectivity index (χ4v) is 8.56. The van der Waals surface area contributed by atoms with Crippen molar-refractivity contribution in [3.63, 3.8) is 0 Å². The summed E-state index contributed by atoms with van der Waals surface area (Å²) in [6.07, 6.45) is 0. The van der Waals surface area contributed by atoms with Crippen molar-refractivity contribution in [1.29, 1.82) is 0 Å². The maximum absolute atomic E-state index is 13.3. The summed E-state index contributed by atoms with van der Waals surface area (Å²) in [7, 11) is 0. The molecular formula is C52H44N2O4.